The summed E-state index contributed by atoms with van der Waals surface area (Å²) in [5.41, 5.74) is 2.03. The highest BCUT2D eigenvalue weighted by molar-refractivity contribution is 5.78. The molecular formula is C16H25N3O3. The lowest BCUT2D eigenvalue weighted by Crippen LogP contribution is -2.42. The molecule has 2 heterocycles. The van der Waals surface area contributed by atoms with Gasteiger partial charge in [-0.15, -0.1) is 0 Å². The van der Waals surface area contributed by atoms with E-state index in [1.54, 1.807) is 0 Å². The van der Waals surface area contributed by atoms with Gasteiger partial charge in [0.1, 0.15) is 0 Å². The fourth-order valence-electron chi connectivity index (χ4n) is 3.11. The number of aromatic nitrogens is 2. The molecule has 1 atom stereocenters. The number of nitrogens with zero attached hydrogens (tertiary/aromatic N) is 3. The molecule has 6 nitrogen and oxygen atoms in total. The molecule has 1 N–H and O–H groups in total. The van der Waals surface area contributed by atoms with E-state index < -0.39 is 5.97 Å². The molecule has 22 heavy (non-hydrogen) atoms. The topological polar surface area (TPSA) is 75.4 Å². The largest absolute Gasteiger partial charge is 0.481 e. The molecule has 1 aromatic rings. The van der Waals surface area contributed by atoms with Crippen LogP contribution in [0.25, 0.3) is 0 Å². The van der Waals surface area contributed by atoms with Gasteiger partial charge in [0.15, 0.2) is 0 Å². The van der Waals surface area contributed by atoms with Crippen molar-refractivity contribution in [1.29, 1.82) is 0 Å². The molecule has 2 rings (SSSR count). The van der Waals surface area contributed by atoms with Crippen LogP contribution in [0.4, 0.5) is 0 Å². The highest BCUT2D eigenvalue weighted by Crippen LogP contribution is 2.22. The van der Waals surface area contributed by atoms with Crippen LogP contribution in [0.15, 0.2) is 6.07 Å². The van der Waals surface area contributed by atoms with Crippen LogP contribution in [-0.2, 0) is 16.1 Å². The average Bonchev–Trinajstić information content (AvgIpc) is 2.76. The number of hydrogen-bond acceptors (Lipinski definition) is 3. The van der Waals surface area contributed by atoms with Gasteiger partial charge < -0.3 is 10.0 Å². The minimum atomic E-state index is -0.748. The molecule has 6 heteroatoms. The van der Waals surface area contributed by atoms with E-state index in [4.69, 9.17) is 5.11 Å². The van der Waals surface area contributed by atoms with E-state index in [2.05, 4.69) is 5.10 Å². The Labute approximate surface area is 131 Å². The maximum absolute atomic E-state index is 12.5. The van der Waals surface area contributed by atoms with E-state index in [1.807, 2.05) is 36.4 Å². The maximum Gasteiger partial charge on any atom is 0.303 e. The molecule has 0 aromatic carbocycles. The number of carbonyl (C=O) groups is 2. The van der Waals surface area contributed by atoms with Crippen LogP contribution in [0.1, 0.15) is 37.6 Å². The Morgan fingerprint density at radius 3 is 2.50 bits per heavy atom. The standard InChI is InChI=1S/C16H25N3O3/c1-11(10-19-13(3)8-12(2)17-19)16(22)18-6-4-14(5-7-18)9-15(20)21/h8,11,14H,4-7,9-10H2,1-3H3,(H,20,21). The van der Waals surface area contributed by atoms with Gasteiger partial charge in [0.05, 0.1) is 18.2 Å². The molecule has 1 amide bonds. The average molecular weight is 307 g/mol. The maximum atomic E-state index is 12.5. The number of piperidine rings is 1. The van der Waals surface area contributed by atoms with Gasteiger partial charge >= 0.3 is 5.97 Å². The first-order valence-electron chi connectivity index (χ1n) is 7.88. The number of aliphatic carboxylic acids is 1. The molecule has 0 aliphatic carbocycles. The Kier molecular flexibility index (Phi) is 5.21. The van der Waals surface area contributed by atoms with Crippen LogP contribution in [0.2, 0.25) is 0 Å². The Morgan fingerprint density at radius 1 is 1.36 bits per heavy atom. The second-order valence-corrected chi connectivity index (χ2v) is 6.38. The summed E-state index contributed by atoms with van der Waals surface area (Å²) < 4.78 is 1.88. The van der Waals surface area contributed by atoms with Gasteiger partial charge in [-0.05, 0) is 38.7 Å². The van der Waals surface area contributed by atoms with E-state index in [1.165, 1.54) is 0 Å². The number of rotatable bonds is 5. The van der Waals surface area contributed by atoms with Crippen molar-refractivity contribution in [3.8, 4) is 0 Å². The molecular weight excluding hydrogens is 282 g/mol. The fourth-order valence-corrected chi connectivity index (χ4v) is 3.11. The summed E-state index contributed by atoms with van der Waals surface area (Å²) in [5, 5.41) is 13.2. The van der Waals surface area contributed by atoms with Crippen molar-refractivity contribution in [2.24, 2.45) is 11.8 Å². The zero-order valence-electron chi connectivity index (χ0n) is 13.6. The lowest BCUT2D eigenvalue weighted by Gasteiger charge is -2.33. The minimum absolute atomic E-state index is 0.117. The molecule has 1 fully saturated rings. The molecule has 122 valence electrons. The summed E-state index contributed by atoms with van der Waals surface area (Å²) in [6, 6.07) is 2.01. The summed E-state index contributed by atoms with van der Waals surface area (Å²) in [6.45, 7) is 7.80. The third-order valence-electron chi connectivity index (χ3n) is 4.36. The van der Waals surface area contributed by atoms with Crippen LogP contribution in [0.5, 0.6) is 0 Å². The van der Waals surface area contributed by atoms with Crippen LogP contribution < -0.4 is 0 Å². The SMILES string of the molecule is Cc1cc(C)n(CC(C)C(=O)N2CCC(CC(=O)O)CC2)n1. The predicted molar refractivity (Wildman–Crippen MR) is 82.4 cm³/mol. The summed E-state index contributed by atoms with van der Waals surface area (Å²) >= 11 is 0. The lowest BCUT2D eigenvalue weighted by atomic mass is 9.93. The number of aryl methyl sites for hydroxylation is 2. The normalized spacial score (nSPS) is 17.5. The first-order valence-corrected chi connectivity index (χ1v) is 7.88. The van der Waals surface area contributed by atoms with Crippen molar-refractivity contribution in [1.82, 2.24) is 14.7 Å². The third-order valence-corrected chi connectivity index (χ3v) is 4.36. The van der Waals surface area contributed by atoms with Crippen molar-refractivity contribution >= 4 is 11.9 Å². The van der Waals surface area contributed by atoms with Gasteiger partial charge in [-0.25, -0.2) is 0 Å². The number of hydrogen-bond donors (Lipinski definition) is 1. The van der Waals surface area contributed by atoms with Crippen molar-refractivity contribution in [3.05, 3.63) is 17.5 Å². The second kappa shape index (κ2) is 6.94. The number of carbonyl (C=O) groups excluding carboxylic acids is 1. The van der Waals surface area contributed by atoms with Crippen molar-refractivity contribution in [3.63, 3.8) is 0 Å². The minimum Gasteiger partial charge on any atom is -0.481 e. The van der Waals surface area contributed by atoms with Crippen LogP contribution in [0.3, 0.4) is 0 Å². The zero-order valence-corrected chi connectivity index (χ0v) is 13.6. The molecule has 1 aliphatic heterocycles. The van der Waals surface area contributed by atoms with Gasteiger partial charge in [0, 0.05) is 25.2 Å². The van der Waals surface area contributed by atoms with Gasteiger partial charge in [0.25, 0.3) is 0 Å². The highest BCUT2D eigenvalue weighted by atomic mass is 16.4. The molecule has 0 spiro atoms. The van der Waals surface area contributed by atoms with E-state index in [0.717, 1.165) is 24.2 Å². The molecule has 1 aromatic heterocycles. The molecule has 1 saturated heterocycles. The first kappa shape index (κ1) is 16.5. The predicted octanol–water partition coefficient (Wildman–Crippen LogP) is 1.85. The highest BCUT2D eigenvalue weighted by Gasteiger charge is 2.27. The van der Waals surface area contributed by atoms with Gasteiger partial charge in [-0.3, -0.25) is 14.3 Å². The van der Waals surface area contributed by atoms with E-state index in [-0.39, 0.29) is 24.2 Å². The summed E-state index contributed by atoms with van der Waals surface area (Å²) in [5.74, 6) is -0.522. The van der Waals surface area contributed by atoms with Crippen LogP contribution in [0, 0.1) is 25.7 Å². The van der Waals surface area contributed by atoms with E-state index in [0.29, 0.717) is 19.6 Å². The zero-order chi connectivity index (χ0) is 16.3. The Morgan fingerprint density at radius 2 is 2.00 bits per heavy atom. The number of carboxylic acid groups (broad SMARTS) is 1. The monoisotopic (exact) mass is 307 g/mol. The van der Waals surface area contributed by atoms with Crippen molar-refractivity contribution in [2.75, 3.05) is 13.1 Å². The lowest BCUT2D eigenvalue weighted by molar-refractivity contribution is -0.139. The van der Waals surface area contributed by atoms with Crippen LogP contribution >= 0.6 is 0 Å². The van der Waals surface area contributed by atoms with Gasteiger partial charge in [0.2, 0.25) is 5.91 Å². The molecule has 1 unspecified atom stereocenters. The third kappa shape index (κ3) is 4.08. The molecule has 0 bridgehead atoms. The van der Waals surface area contributed by atoms with E-state index in [9.17, 15) is 9.59 Å². The van der Waals surface area contributed by atoms with E-state index >= 15 is 0 Å². The summed E-state index contributed by atoms with van der Waals surface area (Å²) in [6.07, 6.45) is 1.78. The van der Waals surface area contributed by atoms with Gasteiger partial charge in [-0.2, -0.15) is 5.10 Å². The molecule has 0 saturated carbocycles. The fraction of sp³-hybridized carbons (Fsp3) is 0.688. The number of carboxylic acids is 1. The smallest absolute Gasteiger partial charge is 0.303 e. The first-order chi connectivity index (χ1) is 10.4. The Balaban J connectivity index is 1.86. The Hall–Kier alpha value is -1.85. The second-order valence-electron chi connectivity index (χ2n) is 6.38. The molecule has 0 radical (unpaired) electrons. The Bertz CT molecular complexity index is 545. The number of amides is 1. The van der Waals surface area contributed by atoms with Crippen molar-refractivity contribution in [2.45, 2.75) is 46.6 Å². The van der Waals surface area contributed by atoms with Crippen LogP contribution in [-0.4, -0.2) is 44.8 Å². The van der Waals surface area contributed by atoms with Crippen molar-refractivity contribution < 1.29 is 14.7 Å². The molecule has 1 aliphatic rings. The summed E-state index contributed by atoms with van der Waals surface area (Å²) in [7, 11) is 0. The number of likely N-dealkylation sites (tertiary alicyclic amines) is 1. The quantitative estimate of drug-likeness (QED) is 0.901. The summed E-state index contributed by atoms with van der Waals surface area (Å²) in [4.78, 5) is 25.1. The van der Waals surface area contributed by atoms with Gasteiger partial charge in [-0.1, -0.05) is 6.92 Å².